The number of nitrogens with zero attached hydrogens (tertiary/aromatic N) is 1. The molecule has 4 rings (SSSR count). The van der Waals surface area contributed by atoms with Gasteiger partial charge in [-0.05, 0) is 25.2 Å². The fourth-order valence-corrected chi connectivity index (χ4v) is 3.07. The lowest BCUT2D eigenvalue weighted by Gasteiger charge is -2.41. The number of ether oxygens (including phenoxy) is 1. The van der Waals surface area contributed by atoms with Gasteiger partial charge in [-0.2, -0.15) is 5.10 Å². The third kappa shape index (κ3) is 1.26. The Hall–Kier alpha value is -1.81. The molecule has 2 aliphatic heterocycles. The second-order valence-electron chi connectivity index (χ2n) is 5.00. The molecule has 0 saturated carbocycles. The lowest BCUT2D eigenvalue weighted by molar-refractivity contribution is 0.0308. The van der Waals surface area contributed by atoms with Gasteiger partial charge in [0.2, 0.25) is 0 Å². The van der Waals surface area contributed by atoms with Gasteiger partial charge in [0.05, 0.1) is 11.9 Å². The number of H-pyrrole nitrogens is 1. The highest BCUT2D eigenvalue weighted by Crippen LogP contribution is 2.47. The predicted molar refractivity (Wildman–Crippen MR) is 68.4 cm³/mol. The van der Waals surface area contributed by atoms with Crippen molar-refractivity contribution in [2.75, 3.05) is 13.1 Å². The molecule has 18 heavy (non-hydrogen) atoms. The van der Waals surface area contributed by atoms with Crippen molar-refractivity contribution >= 4 is 0 Å². The van der Waals surface area contributed by atoms with Crippen LogP contribution in [-0.4, -0.2) is 23.3 Å². The topological polar surface area (TPSA) is 49.9 Å². The minimum atomic E-state index is -0.193. The molecular formula is C14H15N3O. The molecule has 1 saturated heterocycles. The van der Waals surface area contributed by atoms with Crippen LogP contribution in [0.4, 0.5) is 0 Å². The van der Waals surface area contributed by atoms with E-state index in [0.717, 1.165) is 42.9 Å². The number of rotatable bonds is 0. The number of benzene rings is 1. The van der Waals surface area contributed by atoms with Crippen molar-refractivity contribution in [3.63, 3.8) is 0 Å². The van der Waals surface area contributed by atoms with E-state index in [1.54, 1.807) is 0 Å². The minimum absolute atomic E-state index is 0.193. The van der Waals surface area contributed by atoms with E-state index in [1.807, 2.05) is 24.4 Å². The van der Waals surface area contributed by atoms with E-state index < -0.39 is 0 Å². The van der Waals surface area contributed by atoms with E-state index in [1.165, 1.54) is 5.56 Å². The molecule has 0 bridgehead atoms. The van der Waals surface area contributed by atoms with Crippen molar-refractivity contribution in [1.82, 2.24) is 15.5 Å². The van der Waals surface area contributed by atoms with Gasteiger partial charge in [-0.15, -0.1) is 0 Å². The molecule has 1 aromatic heterocycles. The zero-order chi connectivity index (χ0) is 12.0. The van der Waals surface area contributed by atoms with E-state index in [2.05, 4.69) is 21.6 Å². The SMILES string of the molecule is c1ccc2c(c1)OC1(CCNCC1)c1cn[nH]c1-2. The van der Waals surface area contributed by atoms with Crippen molar-refractivity contribution < 1.29 is 4.74 Å². The van der Waals surface area contributed by atoms with Crippen molar-refractivity contribution in [2.24, 2.45) is 0 Å². The van der Waals surface area contributed by atoms with Gasteiger partial charge in [0.1, 0.15) is 11.4 Å². The Morgan fingerprint density at radius 1 is 1.17 bits per heavy atom. The molecule has 0 amide bonds. The van der Waals surface area contributed by atoms with Crippen LogP contribution in [0.1, 0.15) is 18.4 Å². The molecule has 0 atom stereocenters. The Morgan fingerprint density at radius 2 is 2.00 bits per heavy atom. The Labute approximate surface area is 105 Å². The predicted octanol–water partition coefficient (Wildman–Crippen LogP) is 2.05. The number of hydrogen-bond donors (Lipinski definition) is 2. The summed E-state index contributed by atoms with van der Waals surface area (Å²) in [5.41, 5.74) is 3.26. The summed E-state index contributed by atoms with van der Waals surface area (Å²) < 4.78 is 6.35. The molecule has 4 nitrogen and oxygen atoms in total. The molecule has 4 heteroatoms. The van der Waals surface area contributed by atoms with Gasteiger partial charge in [-0.25, -0.2) is 0 Å². The highest BCUT2D eigenvalue weighted by atomic mass is 16.5. The molecule has 1 aromatic carbocycles. The molecule has 2 aromatic rings. The number of piperidine rings is 1. The second-order valence-corrected chi connectivity index (χ2v) is 5.00. The number of hydrogen-bond acceptors (Lipinski definition) is 3. The molecule has 0 aliphatic carbocycles. The summed E-state index contributed by atoms with van der Waals surface area (Å²) in [5.74, 6) is 0.969. The van der Waals surface area contributed by atoms with Crippen LogP contribution < -0.4 is 10.1 Å². The maximum Gasteiger partial charge on any atom is 0.140 e. The van der Waals surface area contributed by atoms with E-state index in [-0.39, 0.29) is 5.60 Å². The zero-order valence-corrected chi connectivity index (χ0v) is 10.1. The molecule has 1 spiro atoms. The quantitative estimate of drug-likeness (QED) is 0.742. The number of fused-ring (bicyclic) bond motifs is 4. The first kappa shape index (κ1) is 10.1. The Balaban J connectivity index is 1.92. The monoisotopic (exact) mass is 241 g/mol. The highest BCUT2D eigenvalue weighted by Gasteiger charge is 2.42. The number of para-hydroxylation sites is 1. The van der Waals surface area contributed by atoms with Gasteiger partial charge in [0.15, 0.2) is 0 Å². The highest BCUT2D eigenvalue weighted by molar-refractivity contribution is 5.73. The molecule has 0 unspecified atom stereocenters. The summed E-state index contributed by atoms with van der Waals surface area (Å²) in [7, 11) is 0. The standard InChI is InChI=1S/C14H15N3O/c1-2-4-12-10(3-1)13-11(9-16-17-13)14(18-12)5-7-15-8-6-14/h1-4,9,15H,5-8H2,(H,16,17). The Kier molecular flexibility index (Phi) is 2.02. The van der Waals surface area contributed by atoms with Crippen LogP contribution in [0.3, 0.4) is 0 Å². The van der Waals surface area contributed by atoms with Crippen molar-refractivity contribution in [2.45, 2.75) is 18.4 Å². The normalized spacial score (nSPS) is 20.0. The lowest BCUT2D eigenvalue weighted by atomic mass is 9.81. The summed E-state index contributed by atoms with van der Waals surface area (Å²) >= 11 is 0. The van der Waals surface area contributed by atoms with Crippen LogP contribution in [0.5, 0.6) is 5.75 Å². The van der Waals surface area contributed by atoms with Crippen molar-refractivity contribution in [1.29, 1.82) is 0 Å². The smallest absolute Gasteiger partial charge is 0.140 e. The third-order valence-electron chi connectivity index (χ3n) is 4.00. The molecule has 2 N–H and O–H groups in total. The molecule has 1 fully saturated rings. The zero-order valence-electron chi connectivity index (χ0n) is 10.1. The third-order valence-corrected chi connectivity index (χ3v) is 4.00. The summed E-state index contributed by atoms with van der Waals surface area (Å²) in [5, 5.41) is 10.8. The lowest BCUT2D eigenvalue weighted by Crippen LogP contribution is -2.45. The number of aromatic amines is 1. The largest absolute Gasteiger partial charge is 0.482 e. The average Bonchev–Trinajstić information content (AvgIpc) is 2.90. The van der Waals surface area contributed by atoms with Crippen LogP contribution in [0.15, 0.2) is 30.5 Å². The summed E-state index contributed by atoms with van der Waals surface area (Å²) in [6.45, 7) is 1.99. The maximum atomic E-state index is 6.35. The molecule has 2 aliphatic rings. The summed E-state index contributed by atoms with van der Waals surface area (Å²) in [4.78, 5) is 0. The van der Waals surface area contributed by atoms with Crippen molar-refractivity contribution in [3.05, 3.63) is 36.0 Å². The molecule has 92 valence electrons. The van der Waals surface area contributed by atoms with Crippen LogP contribution >= 0.6 is 0 Å². The first-order valence-corrected chi connectivity index (χ1v) is 6.42. The fourth-order valence-electron chi connectivity index (χ4n) is 3.07. The van der Waals surface area contributed by atoms with Gasteiger partial charge in [-0.1, -0.05) is 12.1 Å². The Morgan fingerprint density at radius 3 is 2.89 bits per heavy atom. The van der Waals surface area contributed by atoms with E-state index >= 15 is 0 Å². The first-order chi connectivity index (χ1) is 8.89. The van der Waals surface area contributed by atoms with Crippen LogP contribution in [0.25, 0.3) is 11.3 Å². The summed E-state index contributed by atoms with van der Waals surface area (Å²) in [6, 6.07) is 8.19. The summed E-state index contributed by atoms with van der Waals surface area (Å²) in [6.07, 6.45) is 3.92. The van der Waals surface area contributed by atoms with Gasteiger partial charge in [0, 0.05) is 24.0 Å². The molecule has 0 radical (unpaired) electrons. The second kappa shape index (κ2) is 3.59. The van der Waals surface area contributed by atoms with E-state index in [9.17, 15) is 0 Å². The van der Waals surface area contributed by atoms with E-state index in [0.29, 0.717) is 0 Å². The van der Waals surface area contributed by atoms with Crippen LogP contribution in [-0.2, 0) is 5.60 Å². The molecular weight excluding hydrogens is 226 g/mol. The minimum Gasteiger partial charge on any atom is -0.482 e. The van der Waals surface area contributed by atoms with Crippen molar-refractivity contribution in [3.8, 4) is 17.0 Å². The number of aromatic nitrogens is 2. The Bertz CT molecular complexity index is 584. The van der Waals surface area contributed by atoms with E-state index in [4.69, 9.17) is 4.74 Å². The number of nitrogens with one attached hydrogen (secondary N) is 2. The maximum absolute atomic E-state index is 6.35. The van der Waals surface area contributed by atoms with Crippen LogP contribution in [0.2, 0.25) is 0 Å². The van der Waals surface area contributed by atoms with Gasteiger partial charge >= 0.3 is 0 Å². The van der Waals surface area contributed by atoms with Gasteiger partial charge in [0.25, 0.3) is 0 Å². The average molecular weight is 241 g/mol. The van der Waals surface area contributed by atoms with Gasteiger partial charge in [-0.3, -0.25) is 5.10 Å². The van der Waals surface area contributed by atoms with Crippen LogP contribution in [0, 0.1) is 0 Å². The fraction of sp³-hybridized carbons (Fsp3) is 0.357. The van der Waals surface area contributed by atoms with Gasteiger partial charge < -0.3 is 10.1 Å². The first-order valence-electron chi connectivity index (χ1n) is 6.42. The molecule has 3 heterocycles.